The number of carbonyl (C=O) groups is 1. The van der Waals surface area contributed by atoms with Crippen LogP contribution in [0.15, 0.2) is 48.5 Å². The van der Waals surface area contributed by atoms with Crippen LogP contribution in [0, 0.1) is 0 Å². The number of ether oxygens (including phenoxy) is 1. The van der Waals surface area contributed by atoms with Gasteiger partial charge in [-0.25, -0.2) is 0 Å². The van der Waals surface area contributed by atoms with Gasteiger partial charge in [-0.05, 0) is 37.3 Å². The maximum absolute atomic E-state index is 11.3. The number of nitrogens with zero attached hydrogens (tertiary/aromatic N) is 1. The summed E-state index contributed by atoms with van der Waals surface area (Å²) in [4.78, 5) is 13.6. The Morgan fingerprint density at radius 1 is 1.10 bits per heavy atom. The van der Waals surface area contributed by atoms with Gasteiger partial charge < -0.3 is 9.64 Å². The number of Topliss-reactive ketones (excluding diaryl/α,β-unsaturated/α-hetero) is 1. The lowest BCUT2D eigenvalue weighted by Gasteiger charge is -2.22. The largest absolute Gasteiger partial charge is 0.491 e. The van der Waals surface area contributed by atoms with Crippen molar-refractivity contribution < 1.29 is 9.53 Å². The Hall–Kier alpha value is -2.29. The molecule has 1 heterocycles. The summed E-state index contributed by atoms with van der Waals surface area (Å²) in [5, 5.41) is 0. The highest BCUT2D eigenvalue weighted by atomic mass is 16.5. The molecule has 1 aliphatic rings. The van der Waals surface area contributed by atoms with Crippen molar-refractivity contribution in [3.8, 4) is 5.75 Å². The molecule has 0 spiro atoms. The Labute approximate surface area is 118 Å². The predicted molar refractivity (Wildman–Crippen MR) is 79.4 cm³/mol. The third-order valence-corrected chi connectivity index (χ3v) is 3.59. The second-order valence-electron chi connectivity index (χ2n) is 4.98. The zero-order valence-corrected chi connectivity index (χ0v) is 11.5. The first kappa shape index (κ1) is 12.7. The van der Waals surface area contributed by atoms with Gasteiger partial charge in [-0.3, -0.25) is 4.79 Å². The Balaban J connectivity index is 1.85. The van der Waals surface area contributed by atoms with E-state index in [0.717, 1.165) is 30.1 Å². The molecule has 0 saturated heterocycles. The number of benzene rings is 2. The van der Waals surface area contributed by atoms with Crippen molar-refractivity contribution in [1.82, 2.24) is 0 Å². The normalized spacial score (nSPS) is 14.2. The van der Waals surface area contributed by atoms with Crippen molar-refractivity contribution in [1.29, 1.82) is 0 Å². The van der Waals surface area contributed by atoms with E-state index in [0.29, 0.717) is 6.61 Å². The number of anilines is 1. The average Bonchev–Trinajstić information content (AvgIpc) is 2.69. The summed E-state index contributed by atoms with van der Waals surface area (Å²) < 4.78 is 5.77. The minimum atomic E-state index is 0.0982. The maximum Gasteiger partial charge on any atom is 0.159 e. The summed E-state index contributed by atoms with van der Waals surface area (Å²) in [6.45, 7) is 3.93. The van der Waals surface area contributed by atoms with Crippen LogP contribution in [0.25, 0.3) is 0 Å². The van der Waals surface area contributed by atoms with E-state index in [1.807, 2.05) is 42.5 Å². The average molecular weight is 267 g/mol. The van der Waals surface area contributed by atoms with Crippen LogP contribution in [-0.4, -0.2) is 18.9 Å². The van der Waals surface area contributed by atoms with Gasteiger partial charge in [-0.15, -0.1) is 0 Å². The van der Waals surface area contributed by atoms with E-state index < -0.39 is 0 Å². The molecule has 1 aliphatic heterocycles. The number of rotatable bonds is 2. The van der Waals surface area contributed by atoms with Crippen LogP contribution in [0.1, 0.15) is 22.8 Å². The number of ketones is 1. The Morgan fingerprint density at radius 3 is 2.60 bits per heavy atom. The molecular weight excluding hydrogens is 250 g/mol. The molecule has 0 radical (unpaired) electrons. The van der Waals surface area contributed by atoms with Crippen molar-refractivity contribution in [2.24, 2.45) is 0 Å². The molecule has 0 saturated carbocycles. The minimum absolute atomic E-state index is 0.0982. The van der Waals surface area contributed by atoms with Gasteiger partial charge >= 0.3 is 0 Å². The van der Waals surface area contributed by atoms with Crippen molar-refractivity contribution in [3.63, 3.8) is 0 Å². The number of hydrogen-bond donors (Lipinski definition) is 0. The van der Waals surface area contributed by atoms with Crippen LogP contribution < -0.4 is 9.64 Å². The lowest BCUT2D eigenvalue weighted by atomic mass is 10.1. The molecule has 20 heavy (non-hydrogen) atoms. The molecule has 3 rings (SSSR count). The van der Waals surface area contributed by atoms with Crippen LogP contribution in [0.2, 0.25) is 0 Å². The highest BCUT2D eigenvalue weighted by Crippen LogP contribution is 2.26. The van der Waals surface area contributed by atoms with Crippen LogP contribution in [0.4, 0.5) is 5.69 Å². The van der Waals surface area contributed by atoms with Crippen LogP contribution in [0.5, 0.6) is 5.75 Å². The first-order chi connectivity index (χ1) is 9.74. The second kappa shape index (κ2) is 5.37. The van der Waals surface area contributed by atoms with Crippen molar-refractivity contribution in [2.75, 3.05) is 18.1 Å². The summed E-state index contributed by atoms with van der Waals surface area (Å²) in [7, 11) is 0. The fraction of sp³-hybridized carbons (Fsp3) is 0.235. The van der Waals surface area contributed by atoms with E-state index >= 15 is 0 Å². The SMILES string of the molecule is CC(=O)c1ccc(N2CCOc3ccccc3C2)cc1. The van der Waals surface area contributed by atoms with E-state index in [2.05, 4.69) is 11.0 Å². The highest BCUT2D eigenvalue weighted by molar-refractivity contribution is 5.94. The molecule has 0 atom stereocenters. The molecule has 3 heteroatoms. The first-order valence-corrected chi connectivity index (χ1v) is 6.81. The smallest absolute Gasteiger partial charge is 0.159 e. The van der Waals surface area contributed by atoms with E-state index in [1.165, 1.54) is 5.56 Å². The van der Waals surface area contributed by atoms with Crippen LogP contribution >= 0.6 is 0 Å². The number of hydrogen-bond acceptors (Lipinski definition) is 3. The van der Waals surface area contributed by atoms with Gasteiger partial charge in [0.05, 0.1) is 6.54 Å². The Morgan fingerprint density at radius 2 is 1.85 bits per heavy atom. The lowest BCUT2D eigenvalue weighted by molar-refractivity contribution is 0.101. The van der Waals surface area contributed by atoms with Crippen LogP contribution in [0.3, 0.4) is 0 Å². The molecule has 102 valence electrons. The molecule has 0 aromatic heterocycles. The zero-order chi connectivity index (χ0) is 13.9. The quantitative estimate of drug-likeness (QED) is 0.782. The third-order valence-electron chi connectivity index (χ3n) is 3.59. The molecule has 0 fully saturated rings. The van der Waals surface area contributed by atoms with Gasteiger partial charge in [0.25, 0.3) is 0 Å². The molecule has 0 bridgehead atoms. The molecule has 2 aromatic rings. The standard InChI is InChI=1S/C17H17NO2/c1-13(19)14-6-8-16(9-7-14)18-10-11-20-17-5-3-2-4-15(17)12-18/h2-9H,10-12H2,1H3. The van der Waals surface area contributed by atoms with E-state index in [-0.39, 0.29) is 5.78 Å². The minimum Gasteiger partial charge on any atom is -0.491 e. The van der Waals surface area contributed by atoms with Crippen LogP contribution in [-0.2, 0) is 6.54 Å². The number of para-hydroxylation sites is 1. The van der Waals surface area contributed by atoms with Crippen molar-refractivity contribution in [2.45, 2.75) is 13.5 Å². The summed E-state index contributed by atoms with van der Waals surface area (Å²) >= 11 is 0. The lowest BCUT2D eigenvalue weighted by Crippen LogP contribution is -2.25. The molecule has 0 unspecified atom stereocenters. The van der Waals surface area contributed by atoms with Crippen molar-refractivity contribution >= 4 is 11.5 Å². The summed E-state index contributed by atoms with van der Waals surface area (Å²) in [6.07, 6.45) is 0. The van der Waals surface area contributed by atoms with Gasteiger partial charge in [0, 0.05) is 23.4 Å². The van der Waals surface area contributed by atoms with E-state index in [4.69, 9.17) is 4.74 Å². The third kappa shape index (κ3) is 2.52. The van der Waals surface area contributed by atoms with Gasteiger partial charge in [-0.2, -0.15) is 0 Å². The van der Waals surface area contributed by atoms with E-state index in [9.17, 15) is 4.79 Å². The predicted octanol–water partition coefficient (Wildman–Crippen LogP) is 3.29. The maximum atomic E-state index is 11.3. The zero-order valence-electron chi connectivity index (χ0n) is 11.5. The van der Waals surface area contributed by atoms with Crippen molar-refractivity contribution in [3.05, 3.63) is 59.7 Å². The van der Waals surface area contributed by atoms with Gasteiger partial charge in [-0.1, -0.05) is 18.2 Å². The highest BCUT2D eigenvalue weighted by Gasteiger charge is 2.15. The summed E-state index contributed by atoms with van der Waals surface area (Å²) in [5.74, 6) is 1.07. The molecular formula is C17H17NO2. The van der Waals surface area contributed by atoms with E-state index in [1.54, 1.807) is 6.92 Å². The topological polar surface area (TPSA) is 29.5 Å². The van der Waals surface area contributed by atoms with Gasteiger partial charge in [0.1, 0.15) is 12.4 Å². The monoisotopic (exact) mass is 267 g/mol. The molecule has 3 nitrogen and oxygen atoms in total. The summed E-state index contributed by atoms with van der Waals surface area (Å²) in [6, 6.07) is 15.9. The molecule has 0 N–H and O–H groups in total. The fourth-order valence-corrected chi connectivity index (χ4v) is 2.45. The first-order valence-electron chi connectivity index (χ1n) is 6.81. The molecule has 2 aromatic carbocycles. The number of fused-ring (bicyclic) bond motifs is 1. The van der Waals surface area contributed by atoms with Gasteiger partial charge in [0.2, 0.25) is 0 Å². The molecule has 0 amide bonds. The number of carbonyl (C=O) groups excluding carboxylic acids is 1. The Bertz CT molecular complexity index is 619. The second-order valence-corrected chi connectivity index (χ2v) is 4.98. The molecule has 0 aliphatic carbocycles. The summed E-state index contributed by atoms with van der Waals surface area (Å²) in [5.41, 5.74) is 3.07. The Kier molecular flexibility index (Phi) is 3.42. The fourth-order valence-electron chi connectivity index (χ4n) is 2.45. The van der Waals surface area contributed by atoms with Gasteiger partial charge in [0.15, 0.2) is 5.78 Å².